The van der Waals surface area contributed by atoms with Crippen LogP contribution in [0, 0.1) is 0 Å². The van der Waals surface area contributed by atoms with E-state index in [1.54, 1.807) is 0 Å². The van der Waals surface area contributed by atoms with Gasteiger partial charge in [-0.2, -0.15) is 0 Å². The first-order chi connectivity index (χ1) is 9.28. The van der Waals surface area contributed by atoms with E-state index in [1.165, 1.54) is 12.1 Å². The summed E-state index contributed by atoms with van der Waals surface area (Å²) in [4.78, 5) is 23.5. The Hall–Kier alpha value is -1.79. The summed E-state index contributed by atoms with van der Waals surface area (Å²) in [6.45, 7) is 5.87. The lowest BCUT2D eigenvalue weighted by molar-refractivity contribution is -0.118. The molecule has 0 unspecified atom stereocenters. The van der Waals surface area contributed by atoms with Crippen LogP contribution in [0.3, 0.4) is 0 Å². The molecular formula is C14H19ClN2O4. The second kappa shape index (κ2) is 6.32. The maximum atomic E-state index is 12.2. The van der Waals surface area contributed by atoms with Crippen molar-refractivity contribution in [2.45, 2.75) is 26.3 Å². The van der Waals surface area contributed by atoms with Gasteiger partial charge in [0.15, 0.2) is 18.1 Å². The highest BCUT2D eigenvalue weighted by Gasteiger charge is 2.25. The summed E-state index contributed by atoms with van der Waals surface area (Å²) in [7, 11) is 0. The highest BCUT2D eigenvalue weighted by molar-refractivity contribution is 6.06. The Morgan fingerprint density at radius 1 is 1.43 bits per heavy atom. The Morgan fingerprint density at radius 2 is 2.10 bits per heavy atom. The zero-order valence-corrected chi connectivity index (χ0v) is 13.0. The average Bonchev–Trinajstić information content (AvgIpc) is 2.36. The van der Waals surface area contributed by atoms with E-state index in [-0.39, 0.29) is 60.0 Å². The first kappa shape index (κ1) is 17.3. The van der Waals surface area contributed by atoms with E-state index in [0.717, 1.165) is 0 Å². The second-order valence-corrected chi connectivity index (χ2v) is 5.70. The molecule has 0 aliphatic carbocycles. The molecule has 0 atom stereocenters. The summed E-state index contributed by atoms with van der Waals surface area (Å²) in [6, 6.07) is 2.87. The number of anilines is 1. The number of nitrogens with one attached hydrogen (secondary N) is 2. The van der Waals surface area contributed by atoms with Crippen molar-refractivity contribution in [2.24, 2.45) is 0 Å². The van der Waals surface area contributed by atoms with Crippen LogP contribution < -0.4 is 15.4 Å². The number of aromatic hydroxyl groups is 1. The molecule has 0 spiro atoms. The Kier molecular flexibility index (Phi) is 5.20. The van der Waals surface area contributed by atoms with Crippen molar-refractivity contribution in [3.8, 4) is 11.5 Å². The Morgan fingerprint density at radius 3 is 2.71 bits per heavy atom. The number of amides is 1. The topological polar surface area (TPSA) is 87.7 Å². The summed E-state index contributed by atoms with van der Waals surface area (Å²) >= 11 is 0. The molecule has 1 aromatic rings. The quantitative estimate of drug-likeness (QED) is 0.584. The fourth-order valence-electron chi connectivity index (χ4n) is 1.82. The lowest BCUT2D eigenvalue weighted by Crippen LogP contribution is -2.39. The number of ketones is 1. The molecule has 7 heteroatoms. The molecule has 1 amide bonds. The molecule has 1 aliphatic heterocycles. The van der Waals surface area contributed by atoms with Crippen LogP contribution in [0.1, 0.15) is 31.1 Å². The fraction of sp³-hybridized carbons (Fsp3) is 0.429. The van der Waals surface area contributed by atoms with Crippen LogP contribution in [0.5, 0.6) is 11.5 Å². The van der Waals surface area contributed by atoms with Crippen molar-refractivity contribution in [1.82, 2.24) is 5.32 Å². The molecule has 6 nitrogen and oxygen atoms in total. The Labute approximate surface area is 129 Å². The molecule has 1 aromatic carbocycles. The highest BCUT2D eigenvalue weighted by atomic mass is 35.5. The molecule has 3 N–H and O–H groups in total. The summed E-state index contributed by atoms with van der Waals surface area (Å²) in [5.74, 6) is -0.406. The largest absolute Gasteiger partial charge is 0.506 e. The summed E-state index contributed by atoms with van der Waals surface area (Å²) < 4.78 is 5.28. The van der Waals surface area contributed by atoms with Gasteiger partial charge in [0, 0.05) is 5.54 Å². The van der Waals surface area contributed by atoms with Crippen LogP contribution in [0.25, 0.3) is 0 Å². The maximum Gasteiger partial charge on any atom is 0.262 e. The van der Waals surface area contributed by atoms with Gasteiger partial charge in [0.2, 0.25) is 0 Å². The molecule has 116 valence electrons. The number of hydrogen-bond acceptors (Lipinski definition) is 5. The lowest BCUT2D eigenvalue weighted by atomic mass is 10.0. The molecular weight excluding hydrogens is 296 g/mol. The van der Waals surface area contributed by atoms with E-state index in [1.807, 2.05) is 20.8 Å². The van der Waals surface area contributed by atoms with Crippen molar-refractivity contribution >= 4 is 29.8 Å². The van der Waals surface area contributed by atoms with Crippen molar-refractivity contribution in [3.63, 3.8) is 0 Å². The van der Waals surface area contributed by atoms with Gasteiger partial charge in [0.1, 0.15) is 11.4 Å². The van der Waals surface area contributed by atoms with E-state index < -0.39 is 0 Å². The third-order valence-electron chi connectivity index (χ3n) is 2.83. The smallest absolute Gasteiger partial charge is 0.262 e. The van der Waals surface area contributed by atoms with Crippen LogP contribution in [0.2, 0.25) is 0 Å². The molecule has 0 saturated carbocycles. The van der Waals surface area contributed by atoms with Gasteiger partial charge in [-0.1, -0.05) is 0 Å². The summed E-state index contributed by atoms with van der Waals surface area (Å²) in [5, 5.41) is 15.3. The minimum absolute atomic E-state index is 0. The predicted molar refractivity (Wildman–Crippen MR) is 81.6 cm³/mol. The number of benzene rings is 1. The van der Waals surface area contributed by atoms with E-state index in [2.05, 4.69) is 10.6 Å². The average molecular weight is 315 g/mol. The normalized spacial score (nSPS) is 13.6. The van der Waals surface area contributed by atoms with E-state index >= 15 is 0 Å². The Balaban J connectivity index is 0.00000220. The van der Waals surface area contributed by atoms with Gasteiger partial charge in [0.25, 0.3) is 5.91 Å². The van der Waals surface area contributed by atoms with Crippen molar-refractivity contribution < 1.29 is 19.4 Å². The van der Waals surface area contributed by atoms with E-state index in [9.17, 15) is 14.7 Å². The number of carbonyl (C=O) groups is 2. The first-order valence-electron chi connectivity index (χ1n) is 6.35. The molecule has 0 fully saturated rings. The second-order valence-electron chi connectivity index (χ2n) is 5.70. The number of phenolic OH excluding ortho intramolecular Hbond substituents is 1. The number of rotatable bonds is 3. The number of ether oxygens (including phenoxy) is 1. The van der Waals surface area contributed by atoms with Gasteiger partial charge in [0.05, 0.1) is 12.1 Å². The van der Waals surface area contributed by atoms with Crippen LogP contribution in [-0.4, -0.2) is 35.5 Å². The molecule has 1 aliphatic rings. The fourth-order valence-corrected chi connectivity index (χ4v) is 1.82. The van der Waals surface area contributed by atoms with Gasteiger partial charge in [-0.3, -0.25) is 9.59 Å². The van der Waals surface area contributed by atoms with Crippen molar-refractivity contribution in [3.05, 3.63) is 17.7 Å². The van der Waals surface area contributed by atoms with Crippen LogP contribution in [-0.2, 0) is 4.79 Å². The molecule has 0 aromatic heterocycles. The number of Topliss-reactive ketones (excluding diaryl/α,β-unsaturated/α-hetero) is 1. The highest BCUT2D eigenvalue weighted by Crippen LogP contribution is 2.39. The number of phenols is 1. The van der Waals surface area contributed by atoms with Gasteiger partial charge in [-0.25, -0.2) is 0 Å². The minimum Gasteiger partial charge on any atom is -0.506 e. The summed E-state index contributed by atoms with van der Waals surface area (Å²) in [6.07, 6.45) is 0. The van der Waals surface area contributed by atoms with Crippen LogP contribution in [0.15, 0.2) is 12.1 Å². The van der Waals surface area contributed by atoms with Gasteiger partial charge in [-0.15, -0.1) is 12.4 Å². The standard InChI is InChI=1S/C14H18N2O4.ClH/c1-14(2,3)15-6-10(18)8-4-5-9(17)12-13(8)20-7-11(19)16-12;/h4-5,15,17H,6-7H2,1-3H3,(H,16,19);1H. The number of halogens is 1. The third kappa shape index (κ3) is 4.09. The number of fused-ring (bicyclic) bond motifs is 1. The first-order valence-corrected chi connectivity index (χ1v) is 6.35. The minimum atomic E-state index is -0.356. The molecule has 0 bridgehead atoms. The molecule has 0 radical (unpaired) electrons. The maximum absolute atomic E-state index is 12.2. The van der Waals surface area contributed by atoms with Gasteiger partial charge in [-0.05, 0) is 32.9 Å². The van der Waals surface area contributed by atoms with Gasteiger partial charge >= 0.3 is 0 Å². The molecule has 21 heavy (non-hydrogen) atoms. The zero-order chi connectivity index (χ0) is 14.9. The molecule has 0 saturated heterocycles. The predicted octanol–water partition coefficient (Wildman–Crippen LogP) is 1.72. The van der Waals surface area contributed by atoms with Crippen LogP contribution >= 0.6 is 12.4 Å². The van der Waals surface area contributed by atoms with Gasteiger partial charge < -0.3 is 20.5 Å². The number of hydrogen-bond donors (Lipinski definition) is 3. The number of carbonyl (C=O) groups excluding carboxylic acids is 2. The van der Waals surface area contributed by atoms with Crippen LogP contribution in [0.4, 0.5) is 5.69 Å². The monoisotopic (exact) mass is 314 g/mol. The van der Waals surface area contributed by atoms with E-state index in [4.69, 9.17) is 4.74 Å². The summed E-state index contributed by atoms with van der Waals surface area (Å²) in [5.41, 5.74) is 0.319. The van der Waals surface area contributed by atoms with E-state index in [0.29, 0.717) is 5.56 Å². The Bertz CT molecular complexity index is 567. The van der Waals surface area contributed by atoms with Crippen molar-refractivity contribution in [1.29, 1.82) is 0 Å². The third-order valence-corrected chi connectivity index (χ3v) is 2.83. The lowest BCUT2D eigenvalue weighted by Gasteiger charge is -2.23. The van der Waals surface area contributed by atoms with Crippen molar-refractivity contribution in [2.75, 3.05) is 18.5 Å². The SMILES string of the molecule is CC(C)(C)NCC(=O)c1ccc(O)c2c1OCC(=O)N2.Cl. The molecule has 2 rings (SSSR count). The molecule has 1 heterocycles. The zero-order valence-electron chi connectivity index (χ0n) is 12.1.